The highest BCUT2D eigenvalue weighted by molar-refractivity contribution is 6.00. The molecule has 25 heavy (non-hydrogen) atoms. The Kier molecular flexibility index (Phi) is 5.28. The fourth-order valence-corrected chi connectivity index (χ4v) is 3.11. The summed E-state index contributed by atoms with van der Waals surface area (Å²) in [6.07, 6.45) is 2.87. The quantitative estimate of drug-likeness (QED) is 0.648. The Morgan fingerprint density at radius 2 is 1.84 bits per heavy atom. The molecule has 0 saturated carbocycles. The number of hydrogen-bond acceptors (Lipinski definition) is 4. The van der Waals surface area contributed by atoms with Crippen molar-refractivity contribution < 1.29 is 9.72 Å². The summed E-state index contributed by atoms with van der Waals surface area (Å²) in [5.74, 6) is -0.262. The predicted molar refractivity (Wildman–Crippen MR) is 97.0 cm³/mol. The monoisotopic (exact) mass is 339 g/mol. The molecular formula is C19H21N3O3. The average Bonchev–Trinajstić information content (AvgIpc) is 3.16. The van der Waals surface area contributed by atoms with Crippen molar-refractivity contribution >= 4 is 17.3 Å². The molecule has 0 aromatic heterocycles. The second-order valence-corrected chi connectivity index (χ2v) is 6.14. The molecule has 0 radical (unpaired) electrons. The van der Waals surface area contributed by atoms with E-state index in [4.69, 9.17) is 0 Å². The first kappa shape index (κ1) is 17.0. The van der Waals surface area contributed by atoms with Gasteiger partial charge in [0.05, 0.1) is 16.2 Å². The predicted octanol–water partition coefficient (Wildman–Crippen LogP) is 3.17. The van der Waals surface area contributed by atoms with Gasteiger partial charge in [0.15, 0.2) is 0 Å². The zero-order chi connectivity index (χ0) is 17.6. The first-order chi connectivity index (χ1) is 12.1. The third kappa shape index (κ3) is 4.15. The molecule has 6 heteroatoms. The van der Waals surface area contributed by atoms with Crippen molar-refractivity contribution in [3.05, 3.63) is 69.8 Å². The fourth-order valence-electron chi connectivity index (χ4n) is 3.11. The molecule has 3 rings (SSSR count). The zero-order valence-electron chi connectivity index (χ0n) is 14.0. The van der Waals surface area contributed by atoms with Crippen LogP contribution in [0.15, 0.2) is 48.5 Å². The molecule has 0 bridgehead atoms. The summed E-state index contributed by atoms with van der Waals surface area (Å²) >= 11 is 0. The van der Waals surface area contributed by atoms with Crippen LogP contribution in [0.3, 0.4) is 0 Å². The third-order valence-electron chi connectivity index (χ3n) is 4.42. The van der Waals surface area contributed by atoms with Crippen molar-refractivity contribution in [1.82, 2.24) is 5.32 Å². The highest BCUT2D eigenvalue weighted by atomic mass is 16.6. The van der Waals surface area contributed by atoms with Gasteiger partial charge in [-0.3, -0.25) is 14.9 Å². The van der Waals surface area contributed by atoms with Crippen LogP contribution < -0.4 is 10.2 Å². The van der Waals surface area contributed by atoms with Gasteiger partial charge < -0.3 is 10.2 Å². The molecule has 2 aromatic rings. The highest BCUT2D eigenvalue weighted by Gasteiger charge is 2.22. The summed E-state index contributed by atoms with van der Waals surface area (Å²) in [6.45, 7) is 2.25. The van der Waals surface area contributed by atoms with Gasteiger partial charge in [-0.05, 0) is 30.9 Å². The number of rotatable bonds is 6. The van der Waals surface area contributed by atoms with Gasteiger partial charge in [0.25, 0.3) is 11.6 Å². The van der Waals surface area contributed by atoms with E-state index < -0.39 is 4.92 Å². The Morgan fingerprint density at radius 1 is 1.12 bits per heavy atom. The molecule has 0 spiro atoms. The lowest BCUT2D eigenvalue weighted by molar-refractivity contribution is -0.384. The van der Waals surface area contributed by atoms with Crippen molar-refractivity contribution in [3.8, 4) is 0 Å². The van der Waals surface area contributed by atoms with Gasteiger partial charge in [0, 0.05) is 31.8 Å². The van der Waals surface area contributed by atoms with Crippen LogP contribution in [0.2, 0.25) is 0 Å². The van der Waals surface area contributed by atoms with E-state index in [2.05, 4.69) is 10.2 Å². The first-order valence-corrected chi connectivity index (χ1v) is 8.50. The Balaban J connectivity index is 1.74. The van der Waals surface area contributed by atoms with Crippen LogP contribution in [0, 0.1) is 10.1 Å². The summed E-state index contributed by atoms with van der Waals surface area (Å²) in [5, 5.41) is 14.0. The molecule has 2 aromatic carbocycles. The van der Waals surface area contributed by atoms with E-state index in [1.54, 1.807) is 6.07 Å². The van der Waals surface area contributed by atoms with Gasteiger partial charge in [-0.15, -0.1) is 0 Å². The van der Waals surface area contributed by atoms with Crippen molar-refractivity contribution in [1.29, 1.82) is 0 Å². The maximum absolute atomic E-state index is 12.6. The SMILES string of the molecule is O=C(NCCc1ccccc1)c1cc([N+](=O)[O-])ccc1N1CCCC1. The molecule has 0 atom stereocenters. The number of carbonyl (C=O) groups is 1. The summed E-state index contributed by atoms with van der Waals surface area (Å²) in [6, 6.07) is 14.4. The van der Waals surface area contributed by atoms with Gasteiger partial charge in [0.1, 0.15) is 0 Å². The number of non-ortho nitro benzene ring substituents is 1. The number of nitro benzene ring substituents is 1. The highest BCUT2D eigenvalue weighted by Crippen LogP contribution is 2.28. The van der Waals surface area contributed by atoms with Crippen molar-refractivity contribution in [3.63, 3.8) is 0 Å². The number of carbonyl (C=O) groups excluding carboxylic acids is 1. The number of hydrogen-bond donors (Lipinski definition) is 1. The van der Waals surface area contributed by atoms with Crippen LogP contribution in [-0.4, -0.2) is 30.5 Å². The second kappa shape index (κ2) is 7.79. The largest absolute Gasteiger partial charge is 0.371 e. The number of amides is 1. The number of benzene rings is 2. The minimum atomic E-state index is -0.464. The van der Waals surface area contributed by atoms with Crippen LogP contribution in [0.4, 0.5) is 11.4 Å². The van der Waals surface area contributed by atoms with E-state index in [0.717, 1.165) is 43.6 Å². The second-order valence-electron chi connectivity index (χ2n) is 6.14. The minimum absolute atomic E-state index is 0.0591. The van der Waals surface area contributed by atoms with E-state index in [0.29, 0.717) is 12.1 Å². The van der Waals surface area contributed by atoms with E-state index in [1.165, 1.54) is 12.1 Å². The third-order valence-corrected chi connectivity index (χ3v) is 4.42. The first-order valence-electron chi connectivity index (χ1n) is 8.50. The van der Waals surface area contributed by atoms with E-state index in [-0.39, 0.29) is 11.6 Å². The molecule has 1 saturated heterocycles. The van der Waals surface area contributed by atoms with Crippen molar-refractivity contribution in [2.24, 2.45) is 0 Å². The number of nitrogens with one attached hydrogen (secondary N) is 1. The molecule has 6 nitrogen and oxygen atoms in total. The summed E-state index contributed by atoms with van der Waals surface area (Å²) in [7, 11) is 0. The van der Waals surface area contributed by atoms with Crippen molar-refractivity contribution in [2.45, 2.75) is 19.3 Å². The molecule has 130 valence electrons. The number of anilines is 1. The van der Waals surface area contributed by atoms with Crippen molar-refractivity contribution in [2.75, 3.05) is 24.5 Å². The molecule has 1 amide bonds. The molecule has 0 unspecified atom stereocenters. The van der Waals surface area contributed by atoms with E-state index in [9.17, 15) is 14.9 Å². The molecule has 1 aliphatic rings. The lowest BCUT2D eigenvalue weighted by Gasteiger charge is -2.20. The lowest BCUT2D eigenvalue weighted by atomic mass is 10.1. The normalized spacial score (nSPS) is 13.7. The standard InChI is InChI=1S/C19H21N3O3/c23-19(20-11-10-15-6-2-1-3-7-15)17-14-16(22(24)25)8-9-18(17)21-12-4-5-13-21/h1-3,6-9,14H,4-5,10-13H2,(H,20,23). The lowest BCUT2D eigenvalue weighted by Crippen LogP contribution is -2.29. The maximum atomic E-state index is 12.6. The molecule has 1 fully saturated rings. The van der Waals surface area contributed by atoms with Crippen LogP contribution >= 0.6 is 0 Å². The van der Waals surface area contributed by atoms with Gasteiger partial charge >= 0.3 is 0 Å². The van der Waals surface area contributed by atoms with Gasteiger partial charge in [-0.2, -0.15) is 0 Å². The zero-order valence-corrected chi connectivity index (χ0v) is 14.0. The fraction of sp³-hybridized carbons (Fsp3) is 0.316. The molecule has 1 N–H and O–H groups in total. The van der Waals surface area contributed by atoms with Crippen LogP contribution in [0.25, 0.3) is 0 Å². The van der Waals surface area contributed by atoms with Gasteiger partial charge in [0.2, 0.25) is 0 Å². The molecular weight excluding hydrogens is 318 g/mol. The summed E-state index contributed by atoms with van der Waals surface area (Å²) in [5.41, 5.74) is 2.24. The van der Waals surface area contributed by atoms with Gasteiger partial charge in [-0.1, -0.05) is 30.3 Å². The maximum Gasteiger partial charge on any atom is 0.270 e. The summed E-state index contributed by atoms with van der Waals surface area (Å²) in [4.78, 5) is 25.4. The average molecular weight is 339 g/mol. The van der Waals surface area contributed by atoms with E-state index in [1.807, 2.05) is 30.3 Å². The molecule has 1 heterocycles. The Labute approximate surface area is 146 Å². The van der Waals surface area contributed by atoms with Gasteiger partial charge in [-0.25, -0.2) is 0 Å². The topological polar surface area (TPSA) is 75.5 Å². The minimum Gasteiger partial charge on any atom is -0.371 e. The molecule has 1 aliphatic heterocycles. The number of nitrogens with zero attached hydrogens (tertiary/aromatic N) is 2. The van der Waals surface area contributed by atoms with Crippen LogP contribution in [0.5, 0.6) is 0 Å². The van der Waals surface area contributed by atoms with Crippen LogP contribution in [0.1, 0.15) is 28.8 Å². The Morgan fingerprint density at radius 3 is 2.52 bits per heavy atom. The summed E-state index contributed by atoms with van der Waals surface area (Å²) < 4.78 is 0. The van der Waals surface area contributed by atoms with E-state index >= 15 is 0 Å². The molecule has 0 aliphatic carbocycles. The number of nitro groups is 1. The smallest absolute Gasteiger partial charge is 0.270 e. The van der Waals surface area contributed by atoms with Crippen LogP contribution in [-0.2, 0) is 6.42 Å². The Bertz CT molecular complexity index is 756. The Hall–Kier alpha value is -2.89.